The minimum absolute atomic E-state index is 0.0603. The maximum absolute atomic E-state index is 14.4. The quantitative estimate of drug-likeness (QED) is 0.666. The second-order valence-electron chi connectivity index (χ2n) is 6.94. The summed E-state index contributed by atoms with van der Waals surface area (Å²) in [5.74, 6) is -1.55. The maximum atomic E-state index is 14.4. The molecule has 2 aromatic heterocycles. The fraction of sp³-hybridized carbons (Fsp3) is 0.333. The van der Waals surface area contributed by atoms with E-state index in [0.29, 0.717) is 36.9 Å². The summed E-state index contributed by atoms with van der Waals surface area (Å²) < 4.78 is 30.2. The molecular weight excluding hydrogens is 395 g/mol. The zero-order valence-corrected chi connectivity index (χ0v) is 15.7. The van der Waals surface area contributed by atoms with Gasteiger partial charge in [-0.3, -0.25) is 0 Å². The Morgan fingerprint density at radius 1 is 1.15 bits per heavy atom. The predicted molar refractivity (Wildman–Crippen MR) is 101 cm³/mol. The molecule has 1 aliphatic carbocycles. The number of hydrogen-bond acceptors (Lipinski definition) is 4. The number of aromatic nitrogens is 3. The van der Waals surface area contributed by atoms with Crippen LogP contribution in [-0.4, -0.2) is 20.6 Å². The number of imidazole rings is 1. The van der Waals surface area contributed by atoms with Gasteiger partial charge in [-0.1, -0.05) is 29.3 Å². The highest BCUT2D eigenvalue weighted by molar-refractivity contribution is 6.34. The summed E-state index contributed by atoms with van der Waals surface area (Å²) in [6.45, 7) is 0. The molecule has 0 atom stereocenters. The van der Waals surface area contributed by atoms with E-state index in [2.05, 4.69) is 10.1 Å². The van der Waals surface area contributed by atoms with Gasteiger partial charge in [-0.2, -0.15) is 5.10 Å². The lowest BCUT2D eigenvalue weighted by Crippen LogP contribution is -2.44. The monoisotopic (exact) mass is 411 g/mol. The Morgan fingerprint density at radius 2 is 1.78 bits per heavy atom. The Hall–Kier alpha value is -1.80. The molecule has 27 heavy (non-hydrogen) atoms. The number of halogens is 4. The van der Waals surface area contributed by atoms with Crippen molar-refractivity contribution in [3.05, 3.63) is 51.8 Å². The van der Waals surface area contributed by atoms with Crippen molar-refractivity contribution in [3.63, 3.8) is 0 Å². The molecule has 4 rings (SSSR count). The van der Waals surface area contributed by atoms with Gasteiger partial charge in [-0.15, -0.1) is 0 Å². The second-order valence-corrected chi connectivity index (χ2v) is 7.71. The van der Waals surface area contributed by atoms with E-state index in [1.807, 2.05) is 0 Å². The minimum atomic E-state index is -0.845. The molecule has 0 saturated heterocycles. The summed E-state index contributed by atoms with van der Waals surface area (Å²) in [6, 6.07) is 3.63. The van der Waals surface area contributed by atoms with E-state index in [1.165, 1.54) is 16.8 Å². The van der Waals surface area contributed by atoms with Crippen molar-refractivity contribution in [1.29, 1.82) is 0 Å². The molecule has 5 nitrogen and oxygen atoms in total. The summed E-state index contributed by atoms with van der Waals surface area (Å²) in [4.78, 5) is 4.28. The van der Waals surface area contributed by atoms with Crippen molar-refractivity contribution in [3.8, 4) is 11.3 Å². The van der Waals surface area contributed by atoms with Gasteiger partial charge in [0.2, 0.25) is 0 Å². The smallest absolute Gasteiger partial charge is 0.161 e. The fourth-order valence-corrected chi connectivity index (χ4v) is 4.25. The van der Waals surface area contributed by atoms with Gasteiger partial charge >= 0.3 is 0 Å². The molecule has 3 aromatic rings. The van der Waals surface area contributed by atoms with Crippen LogP contribution >= 0.6 is 23.2 Å². The fourth-order valence-electron chi connectivity index (χ4n) is 3.68. The zero-order chi connectivity index (χ0) is 19.3. The summed E-state index contributed by atoms with van der Waals surface area (Å²) in [5.41, 5.74) is 12.3. The van der Waals surface area contributed by atoms with Gasteiger partial charge in [0.05, 0.1) is 16.8 Å². The van der Waals surface area contributed by atoms with E-state index in [4.69, 9.17) is 34.7 Å². The maximum Gasteiger partial charge on any atom is 0.161 e. The lowest BCUT2D eigenvalue weighted by atomic mass is 9.76. The summed E-state index contributed by atoms with van der Waals surface area (Å²) in [5, 5.41) is 4.53. The van der Waals surface area contributed by atoms with Gasteiger partial charge in [0.1, 0.15) is 17.3 Å². The third-order valence-corrected chi connectivity index (χ3v) is 5.79. The van der Waals surface area contributed by atoms with Crippen LogP contribution in [0.3, 0.4) is 0 Å². The van der Waals surface area contributed by atoms with Crippen LogP contribution in [0.1, 0.15) is 31.2 Å². The lowest BCUT2D eigenvalue weighted by Gasteiger charge is -2.37. The molecule has 4 N–H and O–H groups in total. The van der Waals surface area contributed by atoms with Crippen molar-refractivity contribution in [1.82, 2.24) is 14.6 Å². The van der Waals surface area contributed by atoms with Crippen molar-refractivity contribution in [2.45, 2.75) is 37.3 Å². The Kier molecular flexibility index (Phi) is 4.58. The molecule has 0 spiro atoms. The van der Waals surface area contributed by atoms with E-state index in [-0.39, 0.29) is 27.5 Å². The van der Waals surface area contributed by atoms with Gasteiger partial charge in [0.25, 0.3) is 0 Å². The Labute approximate surface area is 164 Å². The number of fused-ring (bicyclic) bond motifs is 1. The number of hydrogen-bond donors (Lipinski definition) is 2. The summed E-state index contributed by atoms with van der Waals surface area (Å²) in [7, 11) is 0. The topological polar surface area (TPSA) is 82.2 Å². The lowest BCUT2D eigenvalue weighted by molar-refractivity contribution is 0.278. The molecule has 2 heterocycles. The molecule has 1 aliphatic rings. The standard InChI is InChI=1S/C18H17Cl2F2N5/c19-12-8-25-17-14(18(24)6-4-9(23)5-7-18)15(20)16(26-27(12)17)13-10(21)2-1-3-11(13)22/h1-3,8-9H,4-7,23-24H2. The SMILES string of the molecule is NC1CCC(N)(c2c(Cl)c(-c3c(F)cccc3F)nn3c(Cl)cnc23)CC1. The molecular formula is C18H17Cl2F2N5. The average Bonchev–Trinajstić information content (AvgIpc) is 2.98. The number of nitrogens with two attached hydrogens (primary N) is 2. The van der Waals surface area contributed by atoms with Crippen LogP contribution < -0.4 is 11.5 Å². The van der Waals surface area contributed by atoms with E-state index < -0.39 is 17.2 Å². The van der Waals surface area contributed by atoms with E-state index in [9.17, 15) is 8.78 Å². The van der Waals surface area contributed by atoms with Crippen LogP contribution in [0.25, 0.3) is 16.9 Å². The van der Waals surface area contributed by atoms with Gasteiger partial charge in [-0.25, -0.2) is 18.3 Å². The normalized spacial score (nSPS) is 23.1. The van der Waals surface area contributed by atoms with Crippen molar-refractivity contribution in [2.24, 2.45) is 11.5 Å². The van der Waals surface area contributed by atoms with Crippen molar-refractivity contribution in [2.75, 3.05) is 0 Å². The predicted octanol–water partition coefficient (Wildman–Crippen LogP) is 4.04. The molecule has 9 heteroatoms. The molecule has 1 aromatic carbocycles. The van der Waals surface area contributed by atoms with Crippen LogP contribution in [0.4, 0.5) is 8.78 Å². The minimum Gasteiger partial charge on any atom is -0.328 e. The first kappa shape index (κ1) is 18.6. The first-order valence-corrected chi connectivity index (χ1v) is 9.29. The van der Waals surface area contributed by atoms with Crippen molar-refractivity contribution < 1.29 is 8.78 Å². The Morgan fingerprint density at radius 3 is 2.41 bits per heavy atom. The highest BCUT2D eigenvalue weighted by Crippen LogP contribution is 2.43. The van der Waals surface area contributed by atoms with E-state index in [0.717, 1.165) is 12.1 Å². The van der Waals surface area contributed by atoms with E-state index in [1.54, 1.807) is 0 Å². The zero-order valence-electron chi connectivity index (χ0n) is 14.2. The Balaban J connectivity index is 2.03. The molecule has 0 amide bonds. The van der Waals surface area contributed by atoms with Gasteiger partial charge in [0, 0.05) is 17.1 Å². The third kappa shape index (κ3) is 2.99. The summed E-state index contributed by atoms with van der Waals surface area (Å²) >= 11 is 12.8. The van der Waals surface area contributed by atoms with Crippen LogP contribution in [0.5, 0.6) is 0 Å². The first-order valence-electron chi connectivity index (χ1n) is 8.54. The highest BCUT2D eigenvalue weighted by Gasteiger charge is 2.38. The van der Waals surface area contributed by atoms with Gasteiger partial charge in [-0.05, 0) is 37.8 Å². The molecule has 1 saturated carbocycles. The molecule has 142 valence electrons. The van der Waals surface area contributed by atoms with E-state index >= 15 is 0 Å². The number of nitrogens with zero attached hydrogens (tertiary/aromatic N) is 3. The molecule has 1 fully saturated rings. The summed E-state index contributed by atoms with van der Waals surface area (Å²) in [6.07, 6.45) is 3.95. The molecule has 0 bridgehead atoms. The molecule has 0 aliphatic heterocycles. The van der Waals surface area contributed by atoms with Crippen LogP contribution in [0.15, 0.2) is 24.4 Å². The van der Waals surface area contributed by atoms with Crippen molar-refractivity contribution >= 4 is 28.8 Å². The number of benzene rings is 1. The number of rotatable bonds is 2. The van der Waals surface area contributed by atoms with Crippen LogP contribution in [-0.2, 0) is 5.54 Å². The van der Waals surface area contributed by atoms with Crippen LogP contribution in [0.2, 0.25) is 10.2 Å². The molecule has 0 unspecified atom stereocenters. The molecule has 0 radical (unpaired) electrons. The Bertz CT molecular complexity index is 1010. The second kappa shape index (κ2) is 6.67. The largest absolute Gasteiger partial charge is 0.328 e. The third-order valence-electron chi connectivity index (χ3n) is 5.17. The average molecular weight is 412 g/mol. The van der Waals surface area contributed by atoms with Gasteiger partial charge < -0.3 is 11.5 Å². The van der Waals surface area contributed by atoms with Crippen LogP contribution in [0, 0.1) is 11.6 Å². The highest BCUT2D eigenvalue weighted by atomic mass is 35.5. The van der Waals surface area contributed by atoms with Gasteiger partial charge in [0.15, 0.2) is 10.8 Å². The first-order chi connectivity index (χ1) is 12.8.